The Labute approximate surface area is 193 Å². The Hall–Kier alpha value is -2.68. The summed E-state index contributed by atoms with van der Waals surface area (Å²) in [5, 5.41) is 10.6. The van der Waals surface area contributed by atoms with Gasteiger partial charge in [0.15, 0.2) is 9.84 Å². The molecule has 0 aliphatic carbocycles. The maximum Gasteiger partial charge on any atom is 0.151 e. The van der Waals surface area contributed by atoms with Gasteiger partial charge in [-0.3, -0.25) is 4.90 Å². The number of rotatable bonds is 9. The molecular weight excluding hydrogens is 445 g/mol. The maximum absolute atomic E-state index is 13.2. The Bertz CT molecular complexity index is 1180. The number of aliphatic hydroxyl groups is 1. The zero-order valence-electron chi connectivity index (χ0n) is 18.5. The minimum atomic E-state index is -3.09. The van der Waals surface area contributed by atoms with E-state index in [9.17, 15) is 17.9 Å². The molecule has 4 rings (SSSR count). The van der Waals surface area contributed by atoms with E-state index in [2.05, 4.69) is 0 Å². The van der Waals surface area contributed by atoms with E-state index in [4.69, 9.17) is 9.15 Å². The Morgan fingerprint density at radius 3 is 2.67 bits per heavy atom. The predicted molar refractivity (Wildman–Crippen MR) is 124 cm³/mol. The molecule has 0 bridgehead atoms. The first-order chi connectivity index (χ1) is 15.8. The molecule has 2 aromatic carbocycles. The molecule has 0 saturated carbocycles. The summed E-state index contributed by atoms with van der Waals surface area (Å²) in [6, 6.07) is 17.1. The lowest BCUT2D eigenvalue weighted by molar-refractivity contribution is 0.0498. The minimum Gasteiger partial charge on any atom is -0.491 e. The highest BCUT2D eigenvalue weighted by Gasteiger charge is 2.33. The molecule has 1 saturated heterocycles. The van der Waals surface area contributed by atoms with Gasteiger partial charge in [0.05, 0.1) is 18.1 Å². The van der Waals surface area contributed by atoms with Crippen molar-refractivity contribution < 1.29 is 27.1 Å². The van der Waals surface area contributed by atoms with Crippen molar-refractivity contribution in [1.29, 1.82) is 0 Å². The molecule has 0 radical (unpaired) electrons. The van der Waals surface area contributed by atoms with Gasteiger partial charge in [-0.1, -0.05) is 12.1 Å². The molecule has 0 spiro atoms. The van der Waals surface area contributed by atoms with E-state index in [1.807, 2.05) is 48.2 Å². The summed E-state index contributed by atoms with van der Waals surface area (Å²) in [7, 11) is -3.09. The number of aryl methyl sites for hydroxylation is 1. The number of furan rings is 1. The number of hydrogen-bond donors (Lipinski definition) is 1. The molecule has 176 valence electrons. The topological polar surface area (TPSA) is 80.0 Å². The number of benzene rings is 2. The number of hydrogen-bond acceptors (Lipinski definition) is 6. The van der Waals surface area contributed by atoms with Crippen LogP contribution in [0.5, 0.6) is 5.75 Å². The van der Waals surface area contributed by atoms with Gasteiger partial charge in [-0.25, -0.2) is 12.8 Å². The summed E-state index contributed by atoms with van der Waals surface area (Å²) in [6.45, 7) is 2.66. The summed E-state index contributed by atoms with van der Waals surface area (Å²) in [4.78, 5) is 1.95. The number of halogens is 1. The fraction of sp³-hybridized carbons (Fsp3) is 0.360. The van der Waals surface area contributed by atoms with E-state index < -0.39 is 15.9 Å². The number of ether oxygens (including phenoxy) is 1. The summed E-state index contributed by atoms with van der Waals surface area (Å²) < 4.78 is 49.0. The Morgan fingerprint density at radius 2 is 1.97 bits per heavy atom. The van der Waals surface area contributed by atoms with Gasteiger partial charge in [0.1, 0.15) is 35.8 Å². The van der Waals surface area contributed by atoms with Crippen LogP contribution in [-0.4, -0.2) is 55.2 Å². The lowest BCUT2D eigenvalue weighted by Crippen LogP contribution is -2.42. The van der Waals surface area contributed by atoms with Crippen molar-refractivity contribution in [3.63, 3.8) is 0 Å². The first-order valence-corrected chi connectivity index (χ1v) is 12.8. The Balaban J connectivity index is 1.44. The van der Waals surface area contributed by atoms with Crippen LogP contribution in [0.15, 0.2) is 65.1 Å². The maximum atomic E-state index is 13.2. The molecule has 8 heteroatoms. The van der Waals surface area contributed by atoms with Crippen molar-refractivity contribution in [3.8, 4) is 17.1 Å². The fourth-order valence-corrected chi connectivity index (χ4v) is 5.82. The monoisotopic (exact) mass is 473 g/mol. The number of nitrogens with zero attached hydrogens (tertiary/aromatic N) is 1. The number of sulfone groups is 1. The van der Waals surface area contributed by atoms with Crippen LogP contribution in [0.2, 0.25) is 0 Å². The summed E-state index contributed by atoms with van der Waals surface area (Å²) >= 11 is 0. The highest BCUT2D eigenvalue weighted by Crippen LogP contribution is 2.26. The van der Waals surface area contributed by atoms with E-state index in [-0.39, 0.29) is 36.5 Å². The fourth-order valence-electron chi connectivity index (χ4n) is 4.06. The molecule has 33 heavy (non-hydrogen) atoms. The van der Waals surface area contributed by atoms with Crippen LogP contribution >= 0.6 is 0 Å². The second-order valence-electron chi connectivity index (χ2n) is 8.54. The second-order valence-corrected chi connectivity index (χ2v) is 10.8. The smallest absolute Gasteiger partial charge is 0.151 e. The molecule has 1 aliphatic rings. The molecule has 3 aromatic rings. The largest absolute Gasteiger partial charge is 0.491 e. The zero-order chi connectivity index (χ0) is 23.4. The highest BCUT2D eigenvalue weighted by molar-refractivity contribution is 7.91. The van der Waals surface area contributed by atoms with Crippen molar-refractivity contribution in [2.45, 2.75) is 32.0 Å². The minimum absolute atomic E-state index is 0.0595. The van der Waals surface area contributed by atoms with Crippen molar-refractivity contribution in [2.75, 3.05) is 24.7 Å². The molecule has 1 fully saturated rings. The van der Waals surface area contributed by atoms with Gasteiger partial charge in [0, 0.05) is 18.2 Å². The van der Waals surface area contributed by atoms with Crippen LogP contribution in [-0.2, 0) is 16.4 Å². The van der Waals surface area contributed by atoms with Crippen molar-refractivity contribution in [3.05, 3.63) is 77.8 Å². The van der Waals surface area contributed by atoms with Gasteiger partial charge < -0.3 is 14.3 Å². The van der Waals surface area contributed by atoms with Crippen LogP contribution in [0.1, 0.15) is 17.7 Å². The van der Waals surface area contributed by atoms with Crippen LogP contribution in [0.25, 0.3) is 11.3 Å². The van der Waals surface area contributed by atoms with Gasteiger partial charge in [-0.2, -0.15) is 0 Å². The van der Waals surface area contributed by atoms with Crippen molar-refractivity contribution in [1.82, 2.24) is 4.90 Å². The Morgan fingerprint density at radius 1 is 1.18 bits per heavy atom. The molecule has 2 atom stereocenters. The van der Waals surface area contributed by atoms with Crippen LogP contribution in [0.4, 0.5) is 4.39 Å². The van der Waals surface area contributed by atoms with Gasteiger partial charge in [-0.05, 0) is 67.4 Å². The predicted octanol–water partition coefficient (Wildman–Crippen LogP) is 3.82. The average molecular weight is 474 g/mol. The van der Waals surface area contributed by atoms with E-state index >= 15 is 0 Å². The molecule has 1 aromatic heterocycles. The summed E-state index contributed by atoms with van der Waals surface area (Å²) in [5.74, 6) is 1.81. The summed E-state index contributed by atoms with van der Waals surface area (Å²) in [5.41, 5.74) is 1.82. The lowest BCUT2D eigenvalue weighted by Gasteiger charge is -2.29. The molecule has 2 heterocycles. The molecule has 1 aliphatic heterocycles. The quantitative estimate of drug-likeness (QED) is 0.509. The highest BCUT2D eigenvalue weighted by atomic mass is 32.2. The van der Waals surface area contributed by atoms with Gasteiger partial charge in [0.25, 0.3) is 0 Å². The van der Waals surface area contributed by atoms with Gasteiger partial charge >= 0.3 is 0 Å². The van der Waals surface area contributed by atoms with Gasteiger partial charge in [0.2, 0.25) is 0 Å². The third kappa shape index (κ3) is 6.43. The standard InChI is InChI=1S/C25H28FNO5S/c1-18-3-2-4-23(13-18)31-16-22(28)14-27(21-11-12-33(29,30)17-21)15-24-9-10-25(32-24)19-5-7-20(26)8-6-19/h2-10,13,21-22,28H,11-12,14-17H2,1H3. The van der Waals surface area contributed by atoms with Gasteiger partial charge in [-0.15, -0.1) is 0 Å². The SMILES string of the molecule is Cc1cccc(OCC(O)CN(Cc2ccc(-c3ccc(F)cc3)o2)C2CCS(=O)(=O)C2)c1. The molecule has 6 nitrogen and oxygen atoms in total. The normalized spacial score (nSPS) is 18.5. The second kappa shape index (κ2) is 10.1. The first-order valence-electron chi connectivity index (χ1n) is 10.9. The number of aliphatic hydroxyl groups excluding tert-OH is 1. The van der Waals surface area contributed by atoms with Crippen molar-refractivity contribution >= 4 is 9.84 Å². The average Bonchev–Trinajstić information content (AvgIpc) is 3.38. The zero-order valence-corrected chi connectivity index (χ0v) is 19.3. The molecular formula is C25H28FNO5S. The third-order valence-electron chi connectivity index (χ3n) is 5.75. The Kier molecular flexibility index (Phi) is 7.17. The lowest BCUT2D eigenvalue weighted by atomic mass is 10.2. The van der Waals surface area contributed by atoms with Crippen molar-refractivity contribution in [2.24, 2.45) is 0 Å². The van der Waals surface area contributed by atoms with E-state index in [1.165, 1.54) is 12.1 Å². The van der Waals surface area contributed by atoms with E-state index in [0.717, 1.165) is 11.1 Å². The van der Waals surface area contributed by atoms with Crippen LogP contribution in [0, 0.1) is 12.7 Å². The molecule has 2 unspecified atom stereocenters. The first kappa shape index (κ1) is 23.5. The third-order valence-corrected chi connectivity index (χ3v) is 7.50. The van der Waals surface area contributed by atoms with Crippen LogP contribution in [0.3, 0.4) is 0 Å². The molecule has 0 amide bonds. The van der Waals surface area contributed by atoms with E-state index in [1.54, 1.807) is 12.1 Å². The molecule has 1 N–H and O–H groups in total. The summed E-state index contributed by atoms with van der Waals surface area (Å²) in [6.07, 6.45) is -0.292. The van der Waals surface area contributed by atoms with Crippen LogP contribution < -0.4 is 4.74 Å². The van der Waals surface area contributed by atoms with E-state index in [0.29, 0.717) is 30.2 Å².